The van der Waals surface area contributed by atoms with Crippen LogP contribution in [-0.4, -0.2) is 38.1 Å². The second-order valence-electron chi connectivity index (χ2n) is 9.17. The Balaban J connectivity index is 1.47. The molecule has 0 atom stereocenters. The number of rotatable bonds is 7. The highest BCUT2D eigenvalue weighted by molar-refractivity contribution is 6.68. The lowest BCUT2D eigenvalue weighted by atomic mass is 10.1. The van der Waals surface area contributed by atoms with E-state index in [0.29, 0.717) is 5.56 Å². The van der Waals surface area contributed by atoms with Crippen molar-refractivity contribution in [1.29, 1.82) is 5.41 Å². The number of halogens is 3. The number of pyridine rings is 1. The Labute approximate surface area is 234 Å². The van der Waals surface area contributed by atoms with E-state index < -0.39 is 34.2 Å². The molecule has 0 bridgehead atoms. The van der Waals surface area contributed by atoms with Gasteiger partial charge < -0.3 is 15.2 Å². The molecule has 0 unspecified atom stereocenters. The van der Waals surface area contributed by atoms with Gasteiger partial charge in [-0.05, 0) is 62.7 Å². The Kier molecular flexibility index (Phi) is 8.55. The first kappa shape index (κ1) is 28.4. The molecule has 0 fully saturated rings. The Morgan fingerprint density at radius 2 is 1.85 bits per heavy atom. The van der Waals surface area contributed by atoms with Gasteiger partial charge in [-0.15, -0.1) is 0 Å². The Bertz CT molecular complexity index is 1750. The molecule has 0 radical (unpaired) electrons. The van der Waals surface area contributed by atoms with Crippen LogP contribution in [0.2, 0.25) is 0 Å². The molecule has 204 valence electrons. The molecule has 11 heteroatoms. The molecule has 8 nitrogen and oxygen atoms in total. The van der Waals surface area contributed by atoms with Crippen LogP contribution in [0.15, 0.2) is 54.2 Å². The quantitative estimate of drug-likeness (QED) is 0.0998. The van der Waals surface area contributed by atoms with Crippen LogP contribution in [-0.2, 0) is 16.1 Å². The van der Waals surface area contributed by atoms with Crippen LogP contribution in [0.25, 0.3) is 21.9 Å². The lowest BCUT2D eigenvalue weighted by Crippen LogP contribution is -2.35. The van der Waals surface area contributed by atoms with Crippen molar-refractivity contribution in [2.75, 3.05) is 6.54 Å². The fourth-order valence-electron chi connectivity index (χ4n) is 4.26. The fourth-order valence-corrected chi connectivity index (χ4v) is 4.37. The van der Waals surface area contributed by atoms with E-state index in [4.69, 9.17) is 17.0 Å². The number of hydrogen-bond acceptors (Lipinski definition) is 5. The summed E-state index contributed by atoms with van der Waals surface area (Å²) in [5, 5.41) is 12.8. The average molecular weight is 563 g/mol. The summed E-state index contributed by atoms with van der Waals surface area (Å²) in [7, 11) is 0. The molecule has 0 saturated carbocycles. The number of aryl methyl sites for hydroxylation is 1. The number of nitrogens with one attached hydrogen (secondary N) is 3. The lowest BCUT2D eigenvalue weighted by Gasteiger charge is -2.12. The highest BCUT2D eigenvalue weighted by Crippen LogP contribution is 2.28. The minimum atomic E-state index is -1.06. The highest BCUT2D eigenvalue weighted by atomic mass is 35.5. The minimum Gasteiger partial charge on any atom is -0.348 e. The molecule has 0 aliphatic heterocycles. The standard InChI is InChI=1S/C29H25ClF2N6O2/c1-16(2)38-17(3)37-25-15-35-24-9-7-18(11-20(24)27(25)38)5-4-10-34-28(39)21(13-26(30)33)29(40)36-14-19-6-8-22(31)23(32)12-19/h6-9,11-13,15-16,33H,10,14H2,1-3H3,(H,34,39)(H,36,40). The summed E-state index contributed by atoms with van der Waals surface area (Å²) in [5.41, 5.74) is 3.13. The smallest absolute Gasteiger partial charge is 0.257 e. The summed E-state index contributed by atoms with van der Waals surface area (Å²) in [6.07, 6.45) is 2.65. The number of imidazole rings is 1. The van der Waals surface area contributed by atoms with E-state index >= 15 is 0 Å². The summed E-state index contributed by atoms with van der Waals surface area (Å²) in [6.45, 7) is 5.87. The zero-order chi connectivity index (χ0) is 29.0. The van der Waals surface area contributed by atoms with E-state index in [9.17, 15) is 18.4 Å². The molecule has 0 aliphatic rings. The second kappa shape index (κ2) is 12.1. The van der Waals surface area contributed by atoms with Crippen molar-refractivity contribution in [3.8, 4) is 11.8 Å². The van der Waals surface area contributed by atoms with Crippen molar-refractivity contribution >= 4 is 50.5 Å². The highest BCUT2D eigenvalue weighted by Gasteiger charge is 2.19. The monoisotopic (exact) mass is 562 g/mol. The van der Waals surface area contributed by atoms with Crippen molar-refractivity contribution < 1.29 is 18.4 Å². The number of fused-ring (bicyclic) bond motifs is 3. The molecule has 0 spiro atoms. The van der Waals surface area contributed by atoms with Crippen LogP contribution in [0, 0.1) is 35.8 Å². The van der Waals surface area contributed by atoms with Crippen LogP contribution in [0.4, 0.5) is 8.78 Å². The first-order valence-corrected chi connectivity index (χ1v) is 12.6. The van der Waals surface area contributed by atoms with E-state index in [1.807, 2.05) is 25.1 Å². The number of amides is 2. The van der Waals surface area contributed by atoms with Gasteiger partial charge in [0.2, 0.25) is 0 Å². The van der Waals surface area contributed by atoms with Gasteiger partial charge in [-0.25, -0.2) is 13.8 Å². The third-order valence-corrected chi connectivity index (χ3v) is 6.08. The number of carbonyl (C=O) groups excluding carboxylic acids is 2. The summed E-state index contributed by atoms with van der Waals surface area (Å²) >= 11 is 5.60. The maximum atomic E-state index is 13.4. The van der Waals surface area contributed by atoms with Crippen LogP contribution >= 0.6 is 11.6 Å². The van der Waals surface area contributed by atoms with Crippen molar-refractivity contribution in [1.82, 2.24) is 25.2 Å². The lowest BCUT2D eigenvalue weighted by molar-refractivity contribution is -0.123. The Morgan fingerprint density at radius 1 is 1.10 bits per heavy atom. The van der Waals surface area contributed by atoms with Crippen LogP contribution < -0.4 is 10.6 Å². The van der Waals surface area contributed by atoms with Gasteiger partial charge in [-0.1, -0.05) is 29.5 Å². The molecule has 3 N–H and O–H groups in total. The normalized spacial score (nSPS) is 11.4. The SMILES string of the molecule is Cc1nc2cnc3ccc(C#CCNC(=O)C(=CC(=N)Cl)C(=O)NCc4ccc(F)c(F)c4)cc3c2n1C(C)C. The zero-order valence-electron chi connectivity index (χ0n) is 21.9. The molecule has 2 heterocycles. The van der Waals surface area contributed by atoms with Gasteiger partial charge in [0, 0.05) is 23.5 Å². The first-order chi connectivity index (χ1) is 19.0. The average Bonchev–Trinajstić information content (AvgIpc) is 3.26. The van der Waals surface area contributed by atoms with Crippen LogP contribution in [0.5, 0.6) is 0 Å². The van der Waals surface area contributed by atoms with Crippen molar-refractivity contribution in [2.24, 2.45) is 0 Å². The van der Waals surface area contributed by atoms with Gasteiger partial charge in [0.05, 0.1) is 23.8 Å². The molecular weight excluding hydrogens is 538 g/mol. The van der Waals surface area contributed by atoms with Crippen molar-refractivity contribution in [2.45, 2.75) is 33.4 Å². The summed E-state index contributed by atoms with van der Waals surface area (Å²) in [4.78, 5) is 34.4. The van der Waals surface area contributed by atoms with Gasteiger partial charge in [0.1, 0.15) is 22.1 Å². The van der Waals surface area contributed by atoms with Crippen molar-refractivity contribution in [3.63, 3.8) is 0 Å². The van der Waals surface area contributed by atoms with E-state index in [2.05, 4.69) is 50.9 Å². The van der Waals surface area contributed by atoms with Gasteiger partial charge in [-0.3, -0.25) is 20.0 Å². The second-order valence-corrected chi connectivity index (χ2v) is 9.58. The molecule has 40 heavy (non-hydrogen) atoms. The Hall–Kier alpha value is -4.62. The van der Waals surface area contributed by atoms with E-state index in [1.54, 1.807) is 6.20 Å². The topological polar surface area (TPSA) is 113 Å². The van der Waals surface area contributed by atoms with E-state index in [-0.39, 0.29) is 24.7 Å². The molecular formula is C29H25ClF2N6O2. The third-order valence-electron chi connectivity index (χ3n) is 5.98. The molecule has 4 aromatic rings. The van der Waals surface area contributed by atoms with Gasteiger partial charge in [0.25, 0.3) is 11.8 Å². The number of aromatic nitrogens is 3. The fraction of sp³-hybridized carbons (Fsp3) is 0.207. The number of carbonyl (C=O) groups is 2. The van der Waals surface area contributed by atoms with Crippen LogP contribution in [0.3, 0.4) is 0 Å². The Morgan fingerprint density at radius 3 is 2.55 bits per heavy atom. The molecule has 2 aromatic carbocycles. The summed E-state index contributed by atoms with van der Waals surface area (Å²) in [6, 6.07) is 8.98. The number of benzene rings is 2. The molecule has 2 aromatic heterocycles. The van der Waals surface area contributed by atoms with Crippen molar-refractivity contribution in [3.05, 3.63) is 82.8 Å². The zero-order valence-corrected chi connectivity index (χ0v) is 22.7. The summed E-state index contributed by atoms with van der Waals surface area (Å²) in [5.74, 6) is 3.02. The molecule has 2 amide bonds. The summed E-state index contributed by atoms with van der Waals surface area (Å²) < 4.78 is 28.7. The third kappa shape index (κ3) is 6.33. The van der Waals surface area contributed by atoms with Gasteiger partial charge >= 0.3 is 0 Å². The largest absolute Gasteiger partial charge is 0.348 e. The molecule has 0 saturated heterocycles. The predicted octanol–water partition coefficient (Wildman–Crippen LogP) is 4.68. The molecule has 4 rings (SSSR count). The van der Waals surface area contributed by atoms with E-state index in [0.717, 1.165) is 46.0 Å². The first-order valence-electron chi connectivity index (χ1n) is 12.3. The maximum Gasteiger partial charge on any atom is 0.257 e. The van der Waals surface area contributed by atoms with Gasteiger partial charge in [-0.2, -0.15) is 0 Å². The van der Waals surface area contributed by atoms with Gasteiger partial charge in [0.15, 0.2) is 11.6 Å². The predicted molar refractivity (Wildman–Crippen MR) is 150 cm³/mol. The molecule has 0 aliphatic carbocycles. The maximum absolute atomic E-state index is 13.4. The number of nitrogens with zero attached hydrogens (tertiary/aromatic N) is 3. The van der Waals surface area contributed by atoms with Crippen LogP contribution in [0.1, 0.15) is 36.8 Å². The number of allylic oxidation sites excluding steroid dienone is 1. The minimum absolute atomic E-state index is 0.0915. The van der Waals surface area contributed by atoms with E-state index in [1.165, 1.54) is 6.07 Å². The number of hydrogen-bond donors (Lipinski definition) is 3.